The van der Waals surface area contributed by atoms with E-state index in [1.165, 1.54) is 33.4 Å². The van der Waals surface area contributed by atoms with Crippen LogP contribution in [0, 0.1) is 13.8 Å². The van der Waals surface area contributed by atoms with Gasteiger partial charge in [0.25, 0.3) is 0 Å². The molecule has 0 aliphatic heterocycles. The van der Waals surface area contributed by atoms with Crippen LogP contribution in [0.3, 0.4) is 0 Å². The van der Waals surface area contributed by atoms with E-state index in [1.54, 1.807) is 0 Å². The van der Waals surface area contributed by atoms with E-state index in [2.05, 4.69) is 63.3 Å². The van der Waals surface area contributed by atoms with Crippen molar-refractivity contribution in [1.29, 1.82) is 0 Å². The summed E-state index contributed by atoms with van der Waals surface area (Å²) in [5.74, 6) is 0.988. The van der Waals surface area contributed by atoms with E-state index in [9.17, 15) is 0 Å². The molecule has 0 saturated heterocycles. The monoisotopic (exact) mass is 369 g/mol. The van der Waals surface area contributed by atoms with Crippen LogP contribution in [0.5, 0.6) is 5.75 Å². The van der Waals surface area contributed by atoms with Gasteiger partial charge in [-0.15, -0.1) is 0 Å². The van der Waals surface area contributed by atoms with Crippen molar-refractivity contribution in [3.8, 4) is 5.75 Å². The predicted octanol–water partition coefficient (Wildman–Crippen LogP) is 5.49. The molecular formula is C23H31NOS. The topological polar surface area (TPSA) is 21.3 Å². The maximum Gasteiger partial charge on any atom is 0.122 e. The minimum atomic E-state index is 0.609. The molecule has 140 valence electrons. The smallest absolute Gasteiger partial charge is 0.122 e. The highest BCUT2D eigenvalue weighted by Gasteiger charge is 2.11. The van der Waals surface area contributed by atoms with Gasteiger partial charge in [-0.25, -0.2) is 0 Å². The van der Waals surface area contributed by atoms with E-state index in [0.717, 1.165) is 36.4 Å². The van der Waals surface area contributed by atoms with Gasteiger partial charge in [-0.05, 0) is 72.6 Å². The molecule has 0 heterocycles. The standard InChI is InChI=1S/C23H31NOS/c1-6-18-9-8-10-20(11-12-23(26)24-5)21(18)15-25-22-14-16(3)19(7-2)13-17(22)4/h8-10,13-14H,6-7,11-12,15H2,1-5H3,(H,24,26). The molecule has 0 bridgehead atoms. The van der Waals surface area contributed by atoms with Gasteiger partial charge in [-0.2, -0.15) is 0 Å². The summed E-state index contributed by atoms with van der Waals surface area (Å²) in [5, 5.41) is 3.07. The van der Waals surface area contributed by atoms with E-state index in [-0.39, 0.29) is 0 Å². The molecule has 0 amide bonds. The highest BCUT2D eigenvalue weighted by atomic mass is 32.1. The van der Waals surface area contributed by atoms with Crippen molar-refractivity contribution in [2.24, 2.45) is 0 Å². The molecule has 26 heavy (non-hydrogen) atoms. The number of rotatable bonds is 8. The summed E-state index contributed by atoms with van der Waals surface area (Å²) in [6.45, 7) is 9.30. The number of benzene rings is 2. The Labute approximate surface area is 164 Å². The molecule has 0 saturated carbocycles. The lowest BCUT2D eigenvalue weighted by atomic mass is 9.96. The molecule has 0 unspecified atom stereocenters. The maximum atomic E-state index is 6.27. The SMILES string of the molecule is CCc1cc(C)c(OCc2c(CC)cccc2CCC(=S)NC)cc1C. The minimum absolute atomic E-state index is 0.609. The van der Waals surface area contributed by atoms with E-state index >= 15 is 0 Å². The first-order valence-electron chi connectivity index (χ1n) is 9.53. The Hall–Kier alpha value is -1.87. The molecule has 0 atom stereocenters. The van der Waals surface area contributed by atoms with Crippen LogP contribution in [-0.4, -0.2) is 12.0 Å². The molecule has 3 heteroatoms. The van der Waals surface area contributed by atoms with Crippen molar-refractivity contribution in [1.82, 2.24) is 5.32 Å². The fourth-order valence-corrected chi connectivity index (χ4v) is 3.45. The van der Waals surface area contributed by atoms with Crippen LogP contribution in [0.2, 0.25) is 0 Å². The lowest BCUT2D eigenvalue weighted by molar-refractivity contribution is 0.301. The van der Waals surface area contributed by atoms with Gasteiger partial charge in [0.1, 0.15) is 12.4 Å². The fraction of sp³-hybridized carbons (Fsp3) is 0.435. The average molecular weight is 370 g/mol. The Morgan fingerprint density at radius 2 is 1.69 bits per heavy atom. The molecule has 0 spiro atoms. The van der Waals surface area contributed by atoms with Crippen molar-refractivity contribution < 1.29 is 4.74 Å². The summed E-state index contributed by atoms with van der Waals surface area (Å²) in [6, 6.07) is 11.0. The normalized spacial score (nSPS) is 10.7. The second-order valence-corrected chi connectivity index (χ2v) is 7.26. The van der Waals surface area contributed by atoms with Gasteiger partial charge < -0.3 is 10.1 Å². The Balaban J connectivity index is 2.23. The number of thiocarbonyl (C=S) groups is 1. The summed E-state index contributed by atoms with van der Waals surface area (Å²) in [4.78, 5) is 0.903. The van der Waals surface area contributed by atoms with E-state index in [4.69, 9.17) is 17.0 Å². The molecule has 0 radical (unpaired) electrons. The summed E-state index contributed by atoms with van der Waals surface area (Å²) >= 11 is 5.31. The highest BCUT2D eigenvalue weighted by molar-refractivity contribution is 7.80. The molecule has 2 rings (SSSR count). The lowest BCUT2D eigenvalue weighted by Gasteiger charge is -2.17. The molecule has 1 N–H and O–H groups in total. The molecule has 0 fully saturated rings. The summed E-state index contributed by atoms with van der Waals surface area (Å²) in [6.07, 6.45) is 3.88. The Kier molecular flexibility index (Phi) is 7.65. The summed E-state index contributed by atoms with van der Waals surface area (Å²) in [7, 11) is 1.89. The molecule has 2 aromatic rings. The fourth-order valence-electron chi connectivity index (χ4n) is 3.35. The number of nitrogens with one attached hydrogen (secondary N) is 1. The van der Waals surface area contributed by atoms with E-state index in [0.29, 0.717) is 6.61 Å². The first-order chi connectivity index (χ1) is 12.5. The minimum Gasteiger partial charge on any atom is -0.489 e. The van der Waals surface area contributed by atoms with Crippen LogP contribution >= 0.6 is 12.2 Å². The van der Waals surface area contributed by atoms with Gasteiger partial charge in [0, 0.05) is 13.5 Å². The van der Waals surface area contributed by atoms with Gasteiger partial charge in [-0.1, -0.05) is 50.3 Å². The van der Waals surface area contributed by atoms with Crippen LogP contribution in [0.25, 0.3) is 0 Å². The molecule has 2 aromatic carbocycles. The predicted molar refractivity (Wildman–Crippen MR) is 115 cm³/mol. The second-order valence-electron chi connectivity index (χ2n) is 6.77. The van der Waals surface area contributed by atoms with Gasteiger partial charge >= 0.3 is 0 Å². The highest BCUT2D eigenvalue weighted by Crippen LogP contribution is 2.26. The van der Waals surface area contributed by atoms with Gasteiger partial charge in [0.05, 0.1) is 4.99 Å². The van der Waals surface area contributed by atoms with Crippen LogP contribution in [0.15, 0.2) is 30.3 Å². The van der Waals surface area contributed by atoms with Crippen LogP contribution in [0.1, 0.15) is 53.6 Å². The summed E-state index contributed by atoms with van der Waals surface area (Å²) in [5.41, 5.74) is 7.91. The number of ether oxygens (including phenoxy) is 1. The molecule has 0 aliphatic carbocycles. The van der Waals surface area contributed by atoms with Crippen LogP contribution < -0.4 is 10.1 Å². The number of hydrogen-bond acceptors (Lipinski definition) is 2. The summed E-state index contributed by atoms with van der Waals surface area (Å²) < 4.78 is 6.27. The van der Waals surface area contributed by atoms with Crippen molar-refractivity contribution in [3.05, 3.63) is 63.7 Å². The van der Waals surface area contributed by atoms with Crippen LogP contribution in [-0.2, 0) is 25.9 Å². The maximum absolute atomic E-state index is 6.27. The first kappa shape index (κ1) is 20.4. The van der Waals surface area contributed by atoms with Crippen molar-refractivity contribution >= 4 is 17.2 Å². The quantitative estimate of drug-likeness (QED) is 0.622. The van der Waals surface area contributed by atoms with Crippen molar-refractivity contribution in [2.45, 2.75) is 60.0 Å². The average Bonchev–Trinajstić information content (AvgIpc) is 2.66. The third-order valence-corrected chi connectivity index (χ3v) is 5.45. The van der Waals surface area contributed by atoms with E-state index < -0.39 is 0 Å². The third-order valence-electron chi connectivity index (χ3n) is 5.04. The Bertz CT molecular complexity index is 767. The third kappa shape index (κ3) is 5.07. The molecule has 2 nitrogen and oxygen atoms in total. The van der Waals surface area contributed by atoms with Crippen LogP contribution in [0.4, 0.5) is 0 Å². The molecule has 0 aromatic heterocycles. The van der Waals surface area contributed by atoms with Gasteiger partial charge in [-0.3, -0.25) is 0 Å². The molecule has 0 aliphatic rings. The number of hydrogen-bond donors (Lipinski definition) is 1. The Morgan fingerprint density at radius 1 is 1.00 bits per heavy atom. The molecular weight excluding hydrogens is 338 g/mol. The van der Waals surface area contributed by atoms with Crippen molar-refractivity contribution in [2.75, 3.05) is 7.05 Å². The number of aryl methyl sites for hydroxylation is 5. The Morgan fingerprint density at radius 3 is 2.35 bits per heavy atom. The zero-order valence-corrected chi connectivity index (χ0v) is 17.6. The van der Waals surface area contributed by atoms with Gasteiger partial charge in [0.15, 0.2) is 0 Å². The lowest BCUT2D eigenvalue weighted by Crippen LogP contribution is -2.16. The zero-order valence-electron chi connectivity index (χ0n) is 16.7. The van der Waals surface area contributed by atoms with Crippen molar-refractivity contribution in [3.63, 3.8) is 0 Å². The first-order valence-corrected chi connectivity index (χ1v) is 9.94. The largest absolute Gasteiger partial charge is 0.489 e. The zero-order chi connectivity index (χ0) is 19.1. The van der Waals surface area contributed by atoms with Gasteiger partial charge in [0.2, 0.25) is 0 Å². The van der Waals surface area contributed by atoms with E-state index in [1.807, 2.05) is 7.05 Å². The second kappa shape index (κ2) is 9.72.